The third kappa shape index (κ3) is 5.17. The molecular weight excluding hydrogens is 430 g/mol. The van der Waals surface area contributed by atoms with Crippen molar-refractivity contribution in [3.05, 3.63) is 77.6 Å². The molecule has 2 aromatic carbocycles. The number of nitrogens with zero attached hydrogens (tertiary/aromatic N) is 4. The molecule has 11 heteroatoms. The highest BCUT2D eigenvalue weighted by Gasteiger charge is 2.30. The SMILES string of the molecule is Cc1cc(OCc2nc(-c3cccc(C(F)(F)F)c3)no2)nc(Nc2cccc(F)c2)n1. The number of hydrogen-bond donors (Lipinski definition) is 1. The van der Waals surface area contributed by atoms with Gasteiger partial charge in [-0.25, -0.2) is 9.37 Å². The maximum Gasteiger partial charge on any atom is 0.416 e. The quantitative estimate of drug-likeness (QED) is 0.402. The zero-order valence-corrected chi connectivity index (χ0v) is 16.5. The summed E-state index contributed by atoms with van der Waals surface area (Å²) >= 11 is 0. The highest BCUT2D eigenvalue weighted by molar-refractivity contribution is 5.56. The lowest BCUT2D eigenvalue weighted by molar-refractivity contribution is -0.137. The van der Waals surface area contributed by atoms with Crippen LogP contribution in [-0.2, 0) is 12.8 Å². The van der Waals surface area contributed by atoms with E-state index in [-0.39, 0.29) is 35.7 Å². The van der Waals surface area contributed by atoms with Crippen LogP contribution in [0.3, 0.4) is 0 Å². The third-order valence-electron chi connectivity index (χ3n) is 4.17. The fourth-order valence-corrected chi connectivity index (χ4v) is 2.77. The molecule has 0 radical (unpaired) electrons. The van der Waals surface area contributed by atoms with Crippen molar-refractivity contribution in [2.45, 2.75) is 19.7 Å². The third-order valence-corrected chi connectivity index (χ3v) is 4.17. The summed E-state index contributed by atoms with van der Waals surface area (Å²) in [4.78, 5) is 12.5. The Balaban J connectivity index is 1.46. The summed E-state index contributed by atoms with van der Waals surface area (Å²) in [6, 6.07) is 12.0. The maximum atomic E-state index is 13.4. The molecule has 0 fully saturated rings. The molecule has 32 heavy (non-hydrogen) atoms. The standard InChI is InChI=1S/C21H15F4N5O2/c1-12-8-17(29-20(26-12)27-16-7-3-6-15(22)10-16)31-11-18-28-19(30-32-18)13-4-2-5-14(9-13)21(23,24)25/h2-10H,11H2,1H3,(H,26,27,29). The largest absolute Gasteiger partial charge is 0.467 e. The Morgan fingerprint density at radius 3 is 2.59 bits per heavy atom. The van der Waals surface area contributed by atoms with Crippen LogP contribution in [0, 0.1) is 12.7 Å². The molecule has 4 aromatic rings. The van der Waals surface area contributed by atoms with Gasteiger partial charge in [-0.15, -0.1) is 0 Å². The van der Waals surface area contributed by atoms with Gasteiger partial charge in [0.15, 0.2) is 6.61 Å². The Morgan fingerprint density at radius 2 is 1.81 bits per heavy atom. The molecule has 7 nitrogen and oxygen atoms in total. The normalized spacial score (nSPS) is 11.4. The van der Waals surface area contributed by atoms with Crippen LogP contribution in [0.15, 0.2) is 59.1 Å². The predicted molar refractivity (Wildman–Crippen MR) is 106 cm³/mol. The molecule has 164 valence electrons. The van der Waals surface area contributed by atoms with Gasteiger partial charge >= 0.3 is 6.18 Å². The van der Waals surface area contributed by atoms with Crippen molar-refractivity contribution in [3.8, 4) is 17.3 Å². The average molecular weight is 445 g/mol. The molecular formula is C21H15F4N5O2. The van der Waals surface area contributed by atoms with Gasteiger partial charge in [-0.1, -0.05) is 23.4 Å². The van der Waals surface area contributed by atoms with E-state index in [0.717, 1.165) is 12.1 Å². The second kappa shape index (κ2) is 8.61. The summed E-state index contributed by atoms with van der Waals surface area (Å²) in [5.74, 6) is 0.0263. The summed E-state index contributed by atoms with van der Waals surface area (Å²) < 4.78 is 62.7. The van der Waals surface area contributed by atoms with Crippen molar-refractivity contribution < 1.29 is 26.8 Å². The van der Waals surface area contributed by atoms with E-state index in [0.29, 0.717) is 11.4 Å². The number of rotatable bonds is 6. The molecule has 4 rings (SSSR count). The van der Waals surface area contributed by atoms with Crippen molar-refractivity contribution in [1.82, 2.24) is 20.1 Å². The van der Waals surface area contributed by atoms with Crippen LogP contribution >= 0.6 is 0 Å². The average Bonchev–Trinajstić information content (AvgIpc) is 3.21. The maximum absolute atomic E-state index is 13.4. The lowest BCUT2D eigenvalue weighted by Gasteiger charge is -2.08. The van der Waals surface area contributed by atoms with Crippen LogP contribution in [0.25, 0.3) is 11.4 Å². The molecule has 0 amide bonds. The molecule has 2 heterocycles. The summed E-state index contributed by atoms with van der Waals surface area (Å²) in [5.41, 5.74) is 0.398. The van der Waals surface area contributed by atoms with E-state index in [1.54, 1.807) is 25.1 Å². The van der Waals surface area contributed by atoms with E-state index in [4.69, 9.17) is 9.26 Å². The Labute approximate surface area is 179 Å². The van der Waals surface area contributed by atoms with Crippen LogP contribution in [0.1, 0.15) is 17.1 Å². The Morgan fingerprint density at radius 1 is 1.00 bits per heavy atom. The van der Waals surface area contributed by atoms with Crippen molar-refractivity contribution in [3.63, 3.8) is 0 Å². The first-order chi connectivity index (χ1) is 15.3. The lowest BCUT2D eigenvalue weighted by atomic mass is 10.1. The molecule has 2 aromatic heterocycles. The zero-order chi connectivity index (χ0) is 22.7. The van der Waals surface area contributed by atoms with Gasteiger partial charge in [0.05, 0.1) is 5.56 Å². The van der Waals surface area contributed by atoms with Crippen molar-refractivity contribution >= 4 is 11.6 Å². The van der Waals surface area contributed by atoms with Crippen molar-refractivity contribution in [1.29, 1.82) is 0 Å². The fraction of sp³-hybridized carbons (Fsp3) is 0.143. The van der Waals surface area contributed by atoms with Gasteiger partial charge in [0.1, 0.15) is 5.82 Å². The van der Waals surface area contributed by atoms with Crippen molar-refractivity contribution in [2.75, 3.05) is 5.32 Å². The van der Waals surface area contributed by atoms with E-state index < -0.39 is 17.6 Å². The van der Waals surface area contributed by atoms with Gasteiger partial charge in [-0.05, 0) is 37.3 Å². The number of ether oxygens (including phenoxy) is 1. The minimum absolute atomic E-state index is 0.00188. The number of alkyl halides is 3. The Kier molecular flexibility index (Phi) is 5.71. The fourth-order valence-electron chi connectivity index (χ4n) is 2.77. The molecule has 0 aliphatic heterocycles. The summed E-state index contributed by atoms with van der Waals surface area (Å²) in [6.45, 7) is 1.56. The van der Waals surface area contributed by atoms with Gasteiger partial charge < -0.3 is 14.6 Å². The summed E-state index contributed by atoms with van der Waals surface area (Å²) in [6.07, 6.45) is -4.48. The van der Waals surface area contributed by atoms with Crippen molar-refractivity contribution in [2.24, 2.45) is 0 Å². The molecule has 0 atom stereocenters. The smallest absolute Gasteiger partial charge is 0.416 e. The minimum Gasteiger partial charge on any atom is -0.467 e. The lowest BCUT2D eigenvalue weighted by Crippen LogP contribution is -2.04. The van der Waals surface area contributed by atoms with Gasteiger partial charge in [-0.3, -0.25) is 0 Å². The molecule has 0 bridgehead atoms. The molecule has 0 spiro atoms. The van der Waals surface area contributed by atoms with Crippen LogP contribution in [0.4, 0.5) is 29.2 Å². The highest BCUT2D eigenvalue weighted by Crippen LogP contribution is 2.31. The molecule has 0 aliphatic carbocycles. The van der Waals surface area contributed by atoms with Gasteiger partial charge in [0.2, 0.25) is 17.7 Å². The van der Waals surface area contributed by atoms with Crippen LogP contribution in [0.2, 0.25) is 0 Å². The minimum atomic E-state index is -4.48. The van der Waals surface area contributed by atoms with Gasteiger partial charge in [0, 0.05) is 23.0 Å². The first-order valence-electron chi connectivity index (χ1n) is 9.27. The van der Waals surface area contributed by atoms with E-state index in [1.807, 2.05) is 0 Å². The van der Waals surface area contributed by atoms with Gasteiger partial charge in [0.25, 0.3) is 5.89 Å². The second-order valence-electron chi connectivity index (χ2n) is 6.69. The van der Waals surface area contributed by atoms with E-state index in [1.165, 1.54) is 24.3 Å². The van der Waals surface area contributed by atoms with E-state index in [2.05, 4.69) is 25.4 Å². The van der Waals surface area contributed by atoms with E-state index >= 15 is 0 Å². The number of anilines is 2. The molecule has 0 unspecified atom stereocenters. The molecule has 1 N–H and O–H groups in total. The van der Waals surface area contributed by atoms with Gasteiger partial charge in [-0.2, -0.15) is 23.1 Å². The first kappa shape index (κ1) is 21.2. The number of nitrogens with one attached hydrogen (secondary N) is 1. The van der Waals surface area contributed by atoms with E-state index in [9.17, 15) is 17.6 Å². The zero-order valence-electron chi connectivity index (χ0n) is 16.5. The summed E-state index contributed by atoms with van der Waals surface area (Å²) in [7, 11) is 0. The Bertz CT molecular complexity index is 1240. The first-order valence-corrected chi connectivity index (χ1v) is 9.27. The topological polar surface area (TPSA) is 86.0 Å². The highest BCUT2D eigenvalue weighted by atomic mass is 19.4. The Hall–Kier alpha value is -4.02. The molecule has 0 aliphatic rings. The summed E-state index contributed by atoms with van der Waals surface area (Å²) in [5, 5.41) is 6.59. The molecule has 0 saturated heterocycles. The number of hydrogen-bond acceptors (Lipinski definition) is 7. The monoisotopic (exact) mass is 445 g/mol. The second-order valence-corrected chi connectivity index (χ2v) is 6.69. The van der Waals surface area contributed by atoms with Crippen LogP contribution < -0.4 is 10.1 Å². The number of halogens is 4. The van der Waals surface area contributed by atoms with Crippen LogP contribution in [0.5, 0.6) is 5.88 Å². The number of aryl methyl sites for hydroxylation is 1. The van der Waals surface area contributed by atoms with Crippen LogP contribution in [-0.4, -0.2) is 20.1 Å². The number of benzene rings is 2. The molecule has 0 saturated carbocycles. The number of aromatic nitrogens is 4. The predicted octanol–water partition coefficient (Wildman–Crippen LogP) is 5.32.